The van der Waals surface area contributed by atoms with Crippen molar-refractivity contribution >= 4 is 23.5 Å². The molecular formula is C22H25ClN2O4. The molecule has 3 rings (SSSR count). The second-order valence-corrected chi connectivity index (χ2v) is 7.81. The van der Waals surface area contributed by atoms with Gasteiger partial charge in [0.25, 0.3) is 5.91 Å². The number of pyridine rings is 1. The Hall–Kier alpha value is -2.60. The summed E-state index contributed by atoms with van der Waals surface area (Å²) in [5.74, 6) is -0.425. The number of nitrogens with one attached hydrogen (secondary N) is 1. The number of aliphatic carboxylic acids is 1. The summed E-state index contributed by atoms with van der Waals surface area (Å²) in [5, 5.41) is 12.8. The monoisotopic (exact) mass is 416 g/mol. The number of carboxylic acid groups (broad SMARTS) is 1. The molecule has 1 aromatic heterocycles. The van der Waals surface area contributed by atoms with E-state index < -0.39 is 17.4 Å². The zero-order valence-corrected chi connectivity index (χ0v) is 17.3. The van der Waals surface area contributed by atoms with Crippen LogP contribution in [-0.2, 0) is 4.79 Å². The number of hydrogen-bond acceptors (Lipinski definition) is 4. The normalized spacial score (nSPS) is 13.8. The van der Waals surface area contributed by atoms with Gasteiger partial charge in [-0.3, -0.25) is 4.79 Å². The topological polar surface area (TPSA) is 88.5 Å². The van der Waals surface area contributed by atoms with Crippen LogP contribution in [-0.4, -0.2) is 34.1 Å². The molecule has 0 saturated heterocycles. The Morgan fingerprint density at radius 2 is 1.90 bits per heavy atom. The lowest BCUT2D eigenvalue weighted by Crippen LogP contribution is -2.53. The molecule has 1 aromatic carbocycles. The molecule has 2 N–H and O–H groups in total. The van der Waals surface area contributed by atoms with E-state index in [1.807, 2.05) is 12.1 Å². The van der Waals surface area contributed by atoms with Crippen LogP contribution in [0.4, 0.5) is 0 Å². The van der Waals surface area contributed by atoms with Crippen molar-refractivity contribution in [2.24, 2.45) is 5.92 Å². The maximum atomic E-state index is 12.8. The molecule has 7 heteroatoms. The van der Waals surface area contributed by atoms with E-state index >= 15 is 0 Å². The number of carboxylic acids is 1. The average Bonchev–Trinajstić information content (AvgIpc) is 3.55. The molecule has 0 atom stereocenters. The average molecular weight is 417 g/mol. The maximum absolute atomic E-state index is 12.8. The van der Waals surface area contributed by atoms with Gasteiger partial charge in [-0.1, -0.05) is 37.6 Å². The number of carbonyl (C=O) groups excluding carboxylic acids is 1. The fourth-order valence-electron chi connectivity index (χ4n) is 3.09. The first-order valence-electron chi connectivity index (χ1n) is 9.83. The fourth-order valence-corrected chi connectivity index (χ4v) is 3.22. The molecule has 0 radical (unpaired) electrons. The van der Waals surface area contributed by atoms with Crippen LogP contribution in [0.3, 0.4) is 0 Å². The first-order valence-corrected chi connectivity index (χ1v) is 10.2. The molecule has 1 heterocycles. The van der Waals surface area contributed by atoms with Crippen molar-refractivity contribution in [3.05, 3.63) is 47.2 Å². The summed E-state index contributed by atoms with van der Waals surface area (Å²) in [5.41, 5.74) is 0.380. The molecule has 1 aliphatic rings. The molecule has 1 fully saturated rings. The van der Waals surface area contributed by atoms with E-state index in [9.17, 15) is 14.7 Å². The van der Waals surface area contributed by atoms with Crippen molar-refractivity contribution in [3.8, 4) is 16.9 Å². The highest BCUT2D eigenvalue weighted by Gasteiger charge is 2.37. The van der Waals surface area contributed by atoms with Gasteiger partial charge < -0.3 is 15.2 Å². The highest BCUT2D eigenvalue weighted by Crippen LogP contribution is 2.34. The summed E-state index contributed by atoms with van der Waals surface area (Å²) in [6, 6.07) is 8.88. The number of rotatable bonds is 9. The SMILES string of the molecule is CCC(CC)(NC(=O)c1cc(-c2ccc(Cl)cc2)c(OCC2CC2)cn1)C(=O)O. The van der Waals surface area contributed by atoms with Crippen molar-refractivity contribution in [1.29, 1.82) is 0 Å². The van der Waals surface area contributed by atoms with Gasteiger partial charge >= 0.3 is 5.97 Å². The van der Waals surface area contributed by atoms with Gasteiger partial charge in [0.1, 0.15) is 17.0 Å². The molecule has 2 aromatic rings. The smallest absolute Gasteiger partial charge is 0.329 e. The quantitative estimate of drug-likeness (QED) is 0.625. The molecule has 1 saturated carbocycles. The van der Waals surface area contributed by atoms with Crippen LogP contribution in [0.1, 0.15) is 50.0 Å². The number of amides is 1. The molecule has 0 unspecified atom stereocenters. The van der Waals surface area contributed by atoms with E-state index in [0.29, 0.717) is 23.3 Å². The minimum Gasteiger partial charge on any atom is -0.491 e. The Kier molecular flexibility index (Phi) is 6.42. The summed E-state index contributed by atoms with van der Waals surface area (Å²) in [6.07, 6.45) is 4.40. The summed E-state index contributed by atoms with van der Waals surface area (Å²) in [4.78, 5) is 28.8. The second-order valence-electron chi connectivity index (χ2n) is 7.38. The van der Waals surface area contributed by atoms with Crippen LogP contribution in [0, 0.1) is 5.92 Å². The number of benzene rings is 1. The first kappa shape index (κ1) is 21.1. The molecule has 0 spiro atoms. The van der Waals surface area contributed by atoms with Crippen LogP contribution in [0.15, 0.2) is 36.5 Å². The third kappa shape index (κ3) is 4.88. The second kappa shape index (κ2) is 8.82. The molecular weight excluding hydrogens is 392 g/mol. The summed E-state index contributed by atoms with van der Waals surface area (Å²) in [6.45, 7) is 4.08. The van der Waals surface area contributed by atoms with E-state index in [0.717, 1.165) is 24.0 Å². The Morgan fingerprint density at radius 3 is 2.45 bits per heavy atom. The Labute approximate surface area is 175 Å². The summed E-state index contributed by atoms with van der Waals surface area (Å²) >= 11 is 6.00. The van der Waals surface area contributed by atoms with Gasteiger partial charge in [0.2, 0.25) is 0 Å². The first-order chi connectivity index (χ1) is 13.9. The van der Waals surface area contributed by atoms with Crippen LogP contribution < -0.4 is 10.1 Å². The summed E-state index contributed by atoms with van der Waals surface area (Å²) in [7, 11) is 0. The van der Waals surface area contributed by atoms with Crippen LogP contribution in [0.2, 0.25) is 5.02 Å². The third-order valence-electron chi connectivity index (χ3n) is 5.40. The lowest BCUT2D eigenvalue weighted by atomic mass is 9.92. The molecule has 1 amide bonds. The van der Waals surface area contributed by atoms with Crippen molar-refractivity contribution in [1.82, 2.24) is 10.3 Å². The van der Waals surface area contributed by atoms with E-state index in [1.165, 1.54) is 6.20 Å². The van der Waals surface area contributed by atoms with Crippen molar-refractivity contribution in [2.45, 2.75) is 45.1 Å². The fraction of sp³-hybridized carbons (Fsp3) is 0.409. The molecule has 6 nitrogen and oxygen atoms in total. The summed E-state index contributed by atoms with van der Waals surface area (Å²) < 4.78 is 5.94. The van der Waals surface area contributed by atoms with Crippen LogP contribution >= 0.6 is 11.6 Å². The molecule has 154 valence electrons. The van der Waals surface area contributed by atoms with Gasteiger partial charge in [-0.15, -0.1) is 0 Å². The van der Waals surface area contributed by atoms with Crippen LogP contribution in [0.5, 0.6) is 5.75 Å². The number of halogens is 1. The van der Waals surface area contributed by atoms with Gasteiger partial charge in [0, 0.05) is 10.6 Å². The number of ether oxygens (including phenoxy) is 1. The number of hydrogen-bond donors (Lipinski definition) is 2. The highest BCUT2D eigenvalue weighted by atomic mass is 35.5. The number of nitrogens with zero attached hydrogens (tertiary/aromatic N) is 1. The van der Waals surface area contributed by atoms with E-state index in [2.05, 4.69) is 10.3 Å². The van der Waals surface area contributed by atoms with Crippen molar-refractivity contribution in [3.63, 3.8) is 0 Å². The molecule has 0 aliphatic heterocycles. The van der Waals surface area contributed by atoms with E-state index in [4.69, 9.17) is 16.3 Å². The Morgan fingerprint density at radius 1 is 1.24 bits per heavy atom. The lowest BCUT2D eigenvalue weighted by Gasteiger charge is -2.28. The zero-order valence-electron chi connectivity index (χ0n) is 16.6. The largest absolute Gasteiger partial charge is 0.491 e. The van der Waals surface area contributed by atoms with E-state index in [1.54, 1.807) is 32.0 Å². The highest BCUT2D eigenvalue weighted by molar-refractivity contribution is 6.30. The van der Waals surface area contributed by atoms with Gasteiger partial charge in [0.05, 0.1) is 12.8 Å². The van der Waals surface area contributed by atoms with Gasteiger partial charge in [-0.2, -0.15) is 0 Å². The predicted octanol–water partition coefficient (Wildman–Crippen LogP) is 4.56. The Balaban J connectivity index is 1.92. The number of aromatic nitrogens is 1. The minimum atomic E-state index is -1.32. The lowest BCUT2D eigenvalue weighted by molar-refractivity contribution is -0.144. The standard InChI is InChI=1S/C22H25ClN2O4/c1-3-22(4-2,21(27)28)25-20(26)18-11-17(15-7-9-16(23)10-8-15)19(12-24-18)29-13-14-5-6-14/h7-12,14H,3-6,13H2,1-2H3,(H,25,26)(H,27,28). The van der Waals surface area contributed by atoms with Gasteiger partial charge in [-0.05, 0) is 55.4 Å². The van der Waals surface area contributed by atoms with E-state index in [-0.39, 0.29) is 18.5 Å². The molecule has 29 heavy (non-hydrogen) atoms. The third-order valence-corrected chi connectivity index (χ3v) is 5.65. The van der Waals surface area contributed by atoms with Gasteiger partial charge in [0.15, 0.2) is 0 Å². The maximum Gasteiger partial charge on any atom is 0.329 e. The number of carbonyl (C=O) groups is 2. The predicted molar refractivity (Wildman–Crippen MR) is 111 cm³/mol. The molecule has 0 bridgehead atoms. The zero-order chi connectivity index (χ0) is 21.0. The van der Waals surface area contributed by atoms with Gasteiger partial charge in [-0.25, -0.2) is 9.78 Å². The Bertz CT molecular complexity index is 890. The van der Waals surface area contributed by atoms with Crippen molar-refractivity contribution in [2.75, 3.05) is 6.61 Å². The minimum absolute atomic E-state index is 0.140. The molecule has 1 aliphatic carbocycles. The van der Waals surface area contributed by atoms with Crippen molar-refractivity contribution < 1.29 is 19.4 Å². The van der Waals surface area contributed by atoms with Crippen LogP contribution in [0.25, 0.3) is 11.1 Å².